The molecule has 3 nitrogen and oxygen atoms in total. The van der Waals surface area contributed by atoms with Crippen molar-refractivity contribution < 1.29 is 4.79 Å². The van der Waals surface area contributed by atoms with Gasteiger partial charge in [-0.2, -0.15) is 0 Å². The van der Waals surface area contributed by atoms with Gasteiger partial charge in [0.25, 0.3) is 0 Å². The van der Waals surface area contributed by atoms with Crippen LogP contribution in [0.15, 0.2) is 18.2 Å². The van der Waals surface area contributed by atoms with Crippen molar-refractivity contribution in [3.05, 3.63) is 52.1 Å². The molecule has 1 aromatic carbocycles. The van der Waals surface area contributed by atoms with Crippen LogP contribution in [0.4, 0.5) is 0 Å². The third-order valence-corrected chi connectivity index (χ3v) is 4.42. The summed E-state index contributed by atoms with van der Waals surface area (Å²) in [5, 5.41) is 0. The lowest BCUT2D eigenvalue weighted by atomic mass is 10.00. The highest BCUT2D eigenvalue weighted by Crippen LogP contribution is 2.23. The second kappa shape index (κ2) is 5.47. The number of imidazole rings is 1. The van der Waals surface area contributed by atoms with Crippen LogP contribution in [0.2, 0.25) is 0 Å². The summed E-state index contributed by atoms with van der Waals surface area (Å²) in [7, 11) is 0. The molecule has 1 aliphatic carbocycles. The molecule has 0 radical (unpaired) electrons. The molecule has 1 heterocycles. The van der Waals surface area contributed by atoms with Crippen molar-refractivity contribution >= 4 is 5.78 Å². The quantitative estimate of drug-likeness (QED) is 0.807. The number of aryl methyl sites for hydroxylation is 4. The maximum atomic E-state index is 12.7. The van der Waals surface area contributed by atoms with Crippen molar-refractivity contribution in [2.75, 3.05) is 0 Å². The lowest BCUT2D eigenvalue weighted by molar-refractivity contribution is 0.0969. The molecule has 1 aromatic heterocycles. The second-order valence-corrected chi connectivity index (χ2v) is 6.09. The van der Waals surface area contributed by atoms with E-state index < -0.39 is 0 Å². The van der Waals surface area contributed by atoms with E-state index in [-0.39, 0.29) is 5.78 Å². The van der Waals surface area contributed by atoms with Crippen molar-refractivity contribution in [2.45, 2.75) is 53.0 Å². The summed E-state index contributed by atoms with van der Waals surface area (Å²) in [6.45, 7) is 6.45. The Morgan fingerprint density at radius 2 is 1.95 bits per heavy atom. The number of hydrogen-bond donors (Lipinski definition) is 0. The van der Waals surface area contributed by atoms with Crippen LogP contribution in [-0.2, 0) is 19.4 Å². The highest BCUT2D eigenvalue weighted by molar-refractivity contribution is 5.97. The minimum Gasteiger partial charge on any atom is -0.324 e. The minimum absolute atomic E-state index is 0.185. The maximum absolute atomic E-state index is 12.7. The number of Topliss-reactive ketones (excluding diaryl/α,β-unsaturated/α-hetero) is 1. The third kappa shape index (κ3) is 2.65. The number of benzene rings is 1. The number of carbonyl (C=O) groups excluding carboxylic acids is 1. The van der Waals surface area contributed by atoms with E-state index in [1.54, 1.807) is 0 Å². The molecule has 0 bridgehead atoms. The van der Waals surface area contributed by atoms with E-state index in [0.29, 0.717) is 6.54 Å². The van der Waals surface area contributed by atoms with Gasteiger partial charge in [0.05, 0.1) is 12.2 Å². The van der Waals surface area contributed by atoms with Gasteiger partial charge in [-0.3, -0.25) is 4.79 Å². The number of ketones is 1. The maximum Gasteiger partial charge on any atom is 0.182 e. The number of fused-ring (bicyclic) bond motifs is 1. The Morgan fingerprint density at radius 1 is 1.19 bits per heavy atom. The van der Waals surface area contributed by atoms with Crippen molar-refractivity contribution in [1.29, 1.82) is 0 Å². The van der Waals surface area contributed by atoms with Gasteiger partial charge in [-0.15, -0.1) is 0 Å². The van der Waals surface area contributed by atoms with Crippen LogP contribution in [0, 0.1) is 20.8 Å². The van der Waals surface area contributed by atoms with Crippen LogP contribution >= 0.6 is 0 Å². The molecule has 0 saturated heterocycles. The number of hydrogen-bond acceptors (Lipinski definition) is 2. The van der Waals surface area contributed by atoms with Gasteiger partial charge in [-0.1, -0.05) is 17.7 Å². The fourth-order valence-corrected chi connectivity index (χ4v) is 3.21. The number of carbonyl (C=O) groups is 1. The van der Waals surface area contributed by atoms with Crippen LogP contribution in [0.25, 0.3) is 0 Å². The van der Waals surface area contributed by atoms with E-state index in [0.717, 1.165) is 35.4 Å². The van der Waals surface area contributed by atoms with Crippen LogP contribution < -0.4 is 0 Å². The van der Waals surface area contributed by atoms with Gasteiger partial charge in [0, 0.05) is 11.3 Å². The Morgan fingerprint density at radius 3 is 2.76 bits per heavy atom. The van der Waals surface area contributed by atoms with Crippen molar-refractivity contribution in [1.82, 2.24) is 9.55 Å². The van der Waals surface area contributed by atoms with Crippen LogP contribution in [0.1, 0.15) is 51.5 Å². The van der Waals surface area contributed by atoms with Gasteiger partial charge in [-0.05, 0) is 58.1 Å². The Kier molecular flexibility index (Phi) is 3.66. The molecule has 0 aliphatic heterocycles. The standard InChI is InChI=1S/C18H22N2O/c1-12-8-9-13(2)15(10-12)18(21)11-20-14(3)19-16-6-4-5-7-17(16)20/h8-10H,4-7,11H2,1-3H3. The van der Waals surface area contributed by atoms with Crippen LogP contribution in [-0.4, -0.2) is 15.3 Å². The van der Waals surface area contributed by atoms with Gasteiger partial charge in [0.2, 0.25) is 0 Å². The molecule has 0 atom stereocenters. The fraction of sp³-hybridized carbons (Fsp3) is 0.444. The van der Waals surface area contributed by atoms with E-state index >= 15 is 0 Å². The highest BCUT2D eigenvalue weighted by Gasteiger charge is 2.20. The zero-order valence-corrected chi connectivity index (χ0v) is 13.1. The van der Waals surface area contributed by atoms with Gasteiger partial charge in [0.1, 0.15) is 5.82 Å². The third-order valence-electron chi connectivity index (χ3n) is 4.42. The van der Waals surface area contributed by atoms with Gasteiger partial charge in [0.15, 0.2) is 5.78 Å². The Labute approximate surface area is 126 Å². The predicted octanol–water partition coefficient (Wildman–Crippen LogP) is 3.57. The Hall–Kier alpha value is -1.90. The molecular weight excluding hydrogens is 260 g/mol. The topological polar surface area (TPSA) is 34.9 Å². The molecule has 110 valence electrons. The number of nitrogens with zero attached hydrogens (tertiary/aromatic N) is 2. The highest BCUT2D eigenvalue weighted by atomic mass is 16.1. The first-order chi connectivity index (χ1) is 10.1. The van der Waals surface area contributed by atoms with E-state index in [9.17, 15) is 4.79 Å². The first kappa shape index (κ1) is 14.1. The summed E-state index contributed by atoms with van der Waals surface area (Å²) in [4.78, 5) is 17.3. The summed E-state index contributed by atoms with van der Waals surface area (Å²) in [5.74, 6) is 1.16. The van der Waals surface area contributed by atoms with Gasteiger partial charge in [-0.25, -0.2) is 4.98 Å². The molecule has 21 heavy (non-hydrogen) atoms. The lowest BCUT2D eigenvalue weighted by Gasteiger charge is -2.15. The molecule has 1 aliphatic rings. The minimum atomic E-state index is 0.185. The zero-order chi connectivity index (χ0) is 15.0. The molecule has 3 heteroatoms. The molecule has 0 unspecified atom stereocenters. The summed E-state index contributed by atoms with van der Waals surface area (Å²) in [5.41, 5.74) is 5.50. The van der Waals surface area contributed by atoms with Crippen LogP contribution in [0.5, 0.6) is 0 Å². The van der Waals surface area contributed by atoms with Crippen molar-refractivity contribution in [3.63, 3.8) is 0 Å². The normalized spacial score (nSPS) is 14.0. The molecule has 0 saturated carbocycles. The summed E-state index contributed by atoms with van der Waals surface area (Å²) in [6.07, 6.45) is 4.53. The summed E-state index contributed by atoms with van der Waals surface area (Å²) in [6, 6.07) is 6.08. The molecule has 0 spiro atoms. The smallest absolute Gasteiger partial charge is 0.182 e. The SMILES string of the molecule is Cc1ccc(C)c(C(=O)Cn2c(C)nc3c2CCCC3)c1. The van der Waals surface area contributed by atoms with E-state index in [1.165, 1.54) is 24.2 Å². The van der Waals surface area contributed by atoms with E-state index in [2.05, 4.69) is 15.6 Å². The predicted molar refractivity (Wildman–Crippen MR) is 83.9 cm³/mol. The molecule has 0 fully saturated rings. The van der Waals surface area contributed by atoms with Crippen LogP contribution in [0.3, 0.4) is 0 Å². The molecule has 3 rings (SSSR count). The van der Waals surface area contributed by atoms with E-state index in [4.69, 9.17) is 0 Å². The zero-order valence-electron chi connectivity index (χ0n) is 13.1. The Balaban J connectivity index is 1.92. The van der Waals surface area contributed by atoms with Crippen molar-refractivity contribution in [2.24, 2.45) is 0 Å². The van der Waals surface area contributed by atoms with E-state index in [1.807, 2.05) is 32.9 Å². The van der Waals surface area contributed by atoms with Gasteiger partial charge < -0.3 is 4.57 Å². The van der Waals surface area contributed by atoms with Gasteiger partial charge >= 0.3 is 0 Å². The largest absolute Gasteiger partial charge is 0.324 e. The average molecular weight is 282 g/mol. The Bertz CT molecular complexity index is 697. The lowest BCUT2D eigenvalue weighted by Crippen LogP contribution is -2.16. The fourth-order valence-electron chi connectivity index (χ4n) is 3.21. The van der Waals surface area contributed by atoms with Crippen molar-refractivity contribution in [3.8, 4) is 0 Å². The second-order valence-electron chi connectivity index (χ2n) is 6.09. The molecule has 2 aromatic rings. The first-order valence-electron chi connectivity index (χ1n) is 7.71. The monoisotopic (exact) mass is 282 g/mol. The molecule has 0 amide bonds. The number of rotatable bonds is 3. The summed E-state index contributed by atoms with van der Waals surface area (Å²) >= 11 is 0. The number of aromatic nitrogens is 2. The molecular formula is C18H22N2O. The first-order valence-corrected chi connectivity index (χ1v) is 7.71. The average Bonchev–Trinajstić information content (AvgIpc) is 2.78. The summed E-state index contributed by atoms with van der Waals surface area (Å²) < 4.78 is 2.12. The molecule has 0 N–H and O–H groups in total.